The lowest BCUT2D eigenvalue weighted by atomic mass is 10.1. The van der Waals surface area contributed by atoms with Gasteiger partial charge in [-0.1, -0.05) is 12.1 Å². The fourth-order valence-corrected chi connectivity index (χ4v) is 3.16. The molecule has 8 heteroatoms. The molecule has 4 N–H and O–H groups in total. The molecule has 2 atom stereocenters. The van der Waals surface area contributed by atoms with Crippen LogP contribution in [0.3, 0.4) is 0 Å². The molecule has 2 aromatic rings. The van der Waals surface area contributed by atoms with E-state index in [1.54, 1.807) is 43.3 Å². The summed E-state index contributed by atoms with van der Waals surface area (Å²) in [6.45, 7) is 6.35. The molecule has 0 fully saturated rings. The van der Waals surface area contributed by atoms with Crippen LogP contribution in [0.4, 0.5) is 15.8 Å². The van der Waals surface area contributed by atoms with Gasteiger partial charge in [-0.05, 0) is 62.2 Å². The van der Waals surface area contributed by atoms with Gasteiger partial charge in [-0.3, -0.25) is 14.4 Å². The zero-order valence-corrected chi connectivity index (χ0v) is 18.1. The van der Waals surface area contributed by atoms with Gasteiger partial charge in [0.15, 0.2) is 12.6 Å². The molecule has 7 nitrogen and oxygen atoms in total. The molecule has 0 spiro atoms. The third-order valence-corrected chi connectivity index (χ3v) is 4.96. The number of nitrogens with one attached hydrogen (secondary N) is 4. The highest BCUT2D eigenvalue weighted by atomic mass is 19.1. The van der Waals surface area contributed by atoms with Crippen LogP contribution in [0.2, 0.25) is 0 Å². The molecule has 0 aliphatic heterocycles. The second-order valence-electron chi connectivity index (χ2n) is 7.38. The molecule has 0 saturated heterocycles. The van der Waals surface area contributed by atoms with Gasteiger partial charge in [-0.15, -0.1) is 0 Å². The maximum Gasteiger partial charge on any atom is 0.279 e. The van der Waals surface area contributed by atoms with Crippen molar-refractivity contribution in [3.05, 3.63) is 59.9 Å². The SMILES string of the molecule is CC[NH+](CC(=O)Nc1ccc(NC(C)=O)cc1)[C@H](C)C(=O)NCCc1ccc(F)cc1. The van der Waals surface area contributed by atoms with Crippen molar-refractivity contribution >= 4 is 29.1 Å². The van der Waals surface area contributed by atoms with Gasteiger partial charge in [0.05, 0.1) is 6.54 Å². The van der Waals surface area contributed by atoms with E-state index in [1.807, 2.05) is 6.92 Å². The summed E-state index contributed by atoms with van der Waals surface area (Å²) in [6, 6.07) is 12.6. The van der Waals surface area contributed by atoms with E-state index in [0.29, 0.717) is 30.9 Å². The van der Waals surface area contributed by atoms with Crippen molar-refractivity contribution in [1.82, 2.24) is 5.32 Å². The predicted octanol–water partition coefficient (Wildman–Crippen LogP) is 1.37. The van der Waals surface area contributed by atoms with Crippen LogP contribution in [0.1, 0.15) is 26.3 Å². The summed E-state index contributed by atoms with van der Waals surface area (Å²) in [5, 5.41) is 8.37. The van der Waals surface area contributed by atoms with Gasteiger partial charge < -0.3 is 20.9 Å². The molecular formula is C23H30FN4O3+. The Kier molecular flexibility index (Phi) is 9.14. The van der Waals surface area contributed by atoms with Crippen molar-refractivity contribution < 1.29 is 23.7 Å². The monoisotopic (exact) mass is 429 g/mol. The highest BCUT2D eigenvalue weighted by Crippen LogP contribution is 2.13. The second kappa shape index (κ2) is 11.8. The Morgan fingerprint density at radius 2 is 1.55 bits per heavy atom. The zero-order chi connectivity index (χ0) is 22.8. The van der Waals surface area contributed by atoms with E-state index in [-0.39, 0.29) is 30.1 Å². The van der Waals surface area contributed by atoms with Gasteiger partial charge in [-0.25, -0.2) is 4.39 Å². The number of hydrogen-bond acceptors (Lipinski definition) is 3. The van der Waals surface area contributed by atoms with Crippen molar-refractivity contribution in [3.8, 4) is 0 Å². The summed E-state index contributed by atoms with van der Waals surface area (Å²) >= 11 is 0. The van der Waals surface area contributed by atoms with Gasteiger partial charge >= 0.3 is 0 Å². The highest BCUT2D eigenvalue weighted by molar-refractivity contribution is 5.93. The molecule has 2 aromatic carbocycles. The Morgan fingerprint density at radius 3 is 2.10 bits per heavy atom. The first-order chi connectivity index (χ1) is 14.8. The molecule has 0 heterocycles. The Bertz CT molecular complexity index is 885. The van der Waals surface area contributed by atoms with E-state index < -0.39 is 6.04 Å². The largest absolute Gasteiger partial charge is 0.351 e. The van der Waals surface area contributed by atoms with Crippen molar-refractivity contribution in [2.24, 2.45) is 0 Å². The van der Waals surface area contributed by atoms with Crippen LogP contribution in [0.5, 0.6) is 0 Å². The van der Waals surface area contributed by atoms with Gasteiger partial charge in [0.25, 0.3) is 11.8 Å². The maximum absolute atomic E-state index is 13.0. The number of carbonyl (C=O) groups is 3. The number of quaternary nitrogens is 1. The topological polar surface area (TPSA) is 91.7 Å². The Balaban J connectivity index is 1.81. The summed E-state index contributed by atoms with van der Waals surface area (Å²) in [5.41, 5.74) is 2.21. The number of carbonyl (C=O) groups excluding carboxylic acids is 3. The molecule has 1 unspecified atom stereocenters. The van der Waals surface area contributed by atoms with E-state index in [4.69, 9.17) is 0 Å². The Hall–Kier alpha value is -3.26. The Morgan fingerprint density at radius 1 is 0.968 bits per heavy atom. The molecule has 0 saturated carbocycles. The molecule has 0 aliphatic carbocycles. The van der Waals surface area contributed by atoms with Crippen LogP contribution in [0.25, 0.3) is 0 Å². The molecule has 3 amide bonds. The van der Waals surface area contributed by atoms with Crippen LogP contribution in [0, 0.1) is 5.82 Å². The third-order valence-electron chi connectivity index (χ3n) is 4.96. The number of likely N-dealkylation sites (N-methyl/N-ethyl adjacent to an activating group) is 1. The van der Waals surface area contributed by atoms with Crippen molar-refractivity contribution in [2.75, 3.05) is 30.3 Å². The first-order valence-corrected chi connectivity index (χ1v) is 10.3. The van der Waals surface area contributed by atoms with E-state index in [0.717, 1.165) is 10.5 Å². The first kappa shape index (κ1) is 24.0. The number of amides is 3. The average Bonchev–Trinajstić information content (AvgIpc) is 2.74. The standard InChI is InChI=1S/C23H29FN4O3/c1-4-28(15-22(30)27-21-11-9-20(10-12-21)26-17(3)29)16(2)23(31)25-14-13-18-5-7-19(24)8-6-18/h5-12,16H,4,13-15H2,1-3H3,(H,25,31)(H,26,29)(H,27,30)/p+1/t16-/m1/s1. The number of halogens is 1. The lowest BCUT2D eigenvalue weighted by Crippen LogP contribution is -3.17. The summed E-state index contributed by atoms with van der Waals surface area (Å²) in [5.74, 6) is -0.782. The predicted molar refractivity (Wildman–Crippen MR) is 118 cm³/mol. The summed E-state index contributed by atoms with van der Waals surface area (Å²) in [6.07, 6.45) is 0.606. The van der Waals surface area contributed by atoms with Gasteiger partial charge in [-0.2, -0.15) is 0 Å². The number of benzene rings is 2. The van der Waals surface area contributed by atoms with E-state index in [2.05, 4.69) is 16.0 Å². The lowest BCUT2D eigenvalue weighted by molar-refractivity contribution is -0.904. The normalized spacial score (nSPS) is 12.5. The molecule has 2 rings (SSSR count). The molecule has 166 valence electrons. The van der Waals surface area contributed by atoms with Crippen molar-refractivity contribution in [3.63, 3.8) is 0 Å². The van der Waals surface area contributed by atoms with Crippen LogP contribution < -0.4 is 20.9 Å². The second-order valence-corrected chi connectivity index (χ2v) is 7.38. The van der Waals surface area contributed by atoms with E-state index in [1.165, 1.54) is 19.1 Å². The number of rotatable bonds is 10. The molecule has 0 radical (unpaired) electrons. The van der Waals surface area contributed by atoms with Crippen LogP contribution >= 0.6 is 0 Å². The molecule has 31 heavy (non-hydrogen) atoms. The lowest BCUT2D eigenvalue weighted by Gasteiger charge is -2.23. The minimum Gasteiger partial charge on any atom is -0.351 e. The number of anilines is 2. The summed E-state index contributed by atoms with van der Waals surface area (Å²) in [4.78, 5) is 36.8. The van der Waals surface area contributed by atoms with Crippen LogP contribution in [-0.2, 0) is 20.8 Å². The zero-order valence-electron chi connectivity index (χ0n) is 18.1. The van der Waals surface area contributed by atoms with E-state index in [9.17, 15) is 18.8 Å². The smallest absolute Gasteiger partial charge is 0.279 e. The number of hydrogen-bond donors (Lipinski definition) is 4. The van der Waals surface area contributed by atoms with Gasteiger partial charge in [0.1, 0.15) is 5.82 Å². The van der Waals surface area contributed by atoms with Crippen molar-refractivity contribution in [2.45, 2.75) is 33.2 Å². The van der Waals surface area contributed by atoms with Gasteiger partial charge in [0, 0.05) is 24.8 Å². The van der Waals surface area contributed by atoms with Crippen molar-refractivity contribution in [1.29, 1.82) is 0 Å². The fraction of sp³-hybridized carbons (Fsp3) is 0.348. The average molecular weight is 430 g/mol. The van der Waals surface area contributed by atoms with Crippen LogP contribution in [-0.4, -0.2) is 43.4 Å². The van der Waals surface area contributed by atoms with E-state index >= 15 is 0 Å². The fourth-order valence-electron chi connectivity index (χ4n) is 3.16. The Labute approximate surface area is 182 Å². The molecular weight excluding hydrogens is 399 g/mol. The van der Waals surface area contributed by atoms with Crippen LogP contribution in [0.15, 0.2) is 48.5 Å². The molecule has 0 aromatic heterocycles. The molecule has 0 aliphatic rings. The first-order valence-electron chi connectivity index (χ1n) is 10.3. The third kappa shape index (κ3) is 8.18. The summed E-state index contributed by atoms with van der Waals surface area (Å²) in [7, 11) is 0. The quantitative estimate of drug-likeness (QED) is 0.460. The maximum atomic E-state index is 13.0. The summed E-state index contributed by atoms with van der Waals surface area (Å²) < 4.78 is 13.0. The molecule has 0 bridgehead atoms. The van der Waals surface area contributed by atoms with Gasteiger partial charge in [0.2, 0.25) is 5.91 Å². The minimum absolute atomic E-state index is 0.133. The minimum atomic E-state index is -0.397. The highest BCUT2D eigenvalue weighted by Gasteiger charge is 2.25.